The van der Waals surface area contributed by atoms with Crippen molar-refractivity contribution in [3.8, 4) is 0 Å². The van der Waals surface area contributed by atoms with Gasteiger partial charge in [-0.15, -0.1) is 0 Å². The Morgan fingerprint density at radius 1 is 1.07 bits per heavy atom. The number of hydrogen-bond donors (Lipinski definition) is 2. The van der Waals surface area contributed by atoms with Gasteiger partial charge in [0, 0.05) is 5.57 Å². The Kier molecular flexibility index (Phi) is 7.35. The van der Waals surface area contributed by atoms with Gasteiger partial charge in [0.1, 0.15) is 0 Å². The molecular weight excluding hydrogens is 176 g/mol. The second kappa shape index (κ2) is 7.72. The minimum atomic E-state index is -0.448. The van der Waals surface area contributed by atoms with Crippen LogP contribution in [-0.2, 0) is 0 Å². The minimum Gasteiger partial charge on any atom is -0.481 e. The molecule has 14 heavy (non-hydrogen) atoms. The van der Waals surface area contributed by atoms with Crippen molar-refractivity contribution in [3.63, 3.8) is 0 Å². The first-order chi connectivity index (χ1) is 6.67. The molecule has 1 atom stereocenters. The first kappa shape index (κ1) is 13.3. The lowest BCUT2D eigenvalue weighted by Gasteiger charge is -2.17. The Balaban J connectivity index is 4.17. The fraction of sp³-hybridized carbons (Fsp3) is 0.833. The Morgan fingerprint density at radius 3 is 2.07 bits per heavy atom. The first-order valence-corrected chi connectivity index (χ1v) is 5.78. The highest BCUT2D eigenvalue weighted by Gasteiger charge is 2.14. The number of aliphatic hydroxyl groups is 2. The highest BCUT2D eigenvalue weighted by Crippen LogP contribution is 2.25. The van der Waals surface area contributed by atoms with E-state index in [4.69, 9.17) is 10.2 Å². The van der Waals surface area contributed by atoms with Crippen LogP contribution in [0.2, 0.25) is 0 Å². The predicted octanol–water partition coefficient (Wildman–Crippen LogP) is 4.33. The van der Waals surface area contributed by atoms with Crippen molar-refractivity contribution < 1.29 is 10.2 Å². The molecule has 2 N–H and O–H groups in total. The van der Waals surface area contributed by atoms with E-state index in [1.54, 1.807) is 0 Å². The van der Waals surface area contributed by atoms with Crippen molar-refractivity contribution in [2.24, 2.45) is 5.92 Å². The third-order valence-corrected chi connectivity index (χ3v) is 2.81. The summed E-state index contributed by atoms with van der Waals surface area (Å²) in [6.07, 6.45) is 6.46. The van der Waals surface area contributed by atoms with Gasteiger partial charge in [0.25, 0.3) is 5.95 Å². The molecule has 0 saturated heterocycles. The molecule has 84 valence electrons. The summed E-state index contributed by atoms with van der Waals surface area (Å²) in [6.45, 7) is 6.26. The molecule has 0 saturated carbocycles. The molecule has 0 spiro atoms. The number of allylic oxidation sites excluding steroid dienone is 1. The maximum atomic E-state index is 9.11. The molecule has 2 heteroatoms. The van der Waals surface area contributed by atoms with Gasteiger partial charge in [-0.25, -0.2) is 0 Å². The van der Waals surface area contributed by atoms with E-state index < -0.39 is 5.95 Å². The smallest absolute Gasteiger partial charge is 0.273 e. The molecule has 0 aromatic carbocycles. The van der Waals surface area contributed by atoms with Gasteiger partial charge in [-0.3, -0.25) is 0 Å². The van der Waals surface area contributed by atoms with Gasteiger partial charge in [-0.2, -0.15) is 0 Å². The average molecular weight is 200 g/mol. The van der Waals surface area contributed by atoms with E-state index in [0.717, 1.165) is 24.8 Å². The maximum Gasteiger partial charge on any atom is 0.273 e. The van der Waals surface area contributed by atoms with Crippen molar-refractivity contribution >= 4 is 0 Å². The number of rotatable bonds is 7. The van der Waals surface area contributed by atoms with E-state index in [-0.39, 0.29) is 0 Å². The van der Waals surface area contributed by atoms with Crippen molar-refractivity contribution in [3.05, 3.63) is 11.5 Å². The van der Waals surface area contributed by atoms with E-state index in [1.807, 2.05) is 6.92 Å². The Morgan fingerprint density at radius 2 is 1.71 bits per heavy atom. The van der Waals surface area contributed by atoms with E-state index >= 15 is 0 Å². The molecule has 0 aromatic rings. The van der Waals surface area contributed by atoms with Crippen LogP contribution < -0.4 is 0 Å². The summed E-state index contributed by atoms with van der Waals surface area (Å²) < 4.78 is 0. The summed E-state index contributed by atoms with van der Waals surface area (Å²) in [5.74, 6) is -0.0904. The van der Waals surface area contributed by atoms with Crippen LogP contribution in [0.3, 0.4) is 0 Å². The van der Waals surface area contributed by atoms with Crippen LogP contribution in [0.15, 0.2) is 11.5 Å². The molecule has 0 aliphatic heterocycles. The maximum absolute atomic E-state index is 9.11. The molecule has 0 bridgehead atoms. The topological polar surface area (TPSA) is 40.5 Å². The van der Waals surface area contributed by atoms with Crippen LogP contribution >= 0.6 is 0 Å². The second-order valence-corrected chi connectivity index (χ2v) is 3.80. The molecule has 0 rings (SSSR count). The molecule has 0 aromatic heterocycles. The van der Waals surface area contributed by atoms with Gasteiger partial charge in [0.2, 0.25) is 0 Å². The van der Waals surface area contributed by atoms with Crippen LogP contribution in [0.5, 0.6) is 0 Å². The van der Waals surface area contributed by atoms with Gasteiger partial charge < -0.3 is 10.2 Å². The average Bonchev–Trinajstić information content (AvgIpc) is 2.16. The zero-order chi connectivity index (χ0) is 11.0. The molecule has 0 fully saturated rings. The Hall–Kier alpha value is -0.660. The Bertz CT molecular complexity index is 169. The van der Waals surface area contributed by atoms with Crippen LogP contribution in [0.1, 0.15) is 59.3 Å². The zero-order valence-corrected chi connectivity index (χ0v) is 9.71. The summed E-state index contributed by atoms with van der Waals surface area (Å²) in [5, 5.41) is 18.2. The number of unbranched alkanes of at least 4 members (excludes halogenated alkanes) is 2. The summed E-state index contributed by atoms with van der Waals surface area (Å²) in [5.41, 5.74) is 0.823. The fourth-order valence-corrected chi connectivity index (χ4v) is 1.89. The van der Waals surface area contributed by atoms with Gasteiger partial charge in [0.15, 0.2) is 0 Å². The summed E-state index contributed by atoms with van der Waals surface area (Å²) in [7, 11) is 0. The van der Waals surface area contributed by atoms with Gasteiger partial charge >= 0.3 is 0 Å². The van der Waals surface area contributed by atoms with E-state index in [2.05, 4.69) is 13.8 Å². The molecular formula is C12H24O2. The highest BCUT2D eigenvalue weighted by atomic mass is 16.5. The van der Waals surface area contributed by atoms with Crippen LogP contribution in [0.25, 0.3) is 0 Å². The zero-order valence-electron chi connectivity index (χ0n) is 9.71. The summed E-state index contributed by atoms with van der Waals surface area (Å²) in [6, 6.07) is 0. The molecule has 0 aliphatic carbocycles. The quantitative estimate of drug-likeness (QED) is 0.474. The predicted molar refractivity (Wildman–Crippen MR) is 60.5 cm³/mol. The van der Waals surface area contributed by atoms with Crippen molar-refractivity contribution in [1.82, 2.24) is 0 Å². The number of hydrogen-bond acceptors (Lipinski definition) is 2. The molecule has 0 amide bonds. The SMILES string of the molecule is CCCCCC(CC)C(CC)=C(O)O. The van der Waals surface area contributed by atoms with Crippen molar-refractivity contribution in [2.45, 2.75) is 59.3 Å². The molecule has 0 heterocycles. The molecule has 1 unspecified atom stereocenters. The monoisotopic (exact) mass is 200 g/mol. The van der Waals surface area contributed by atoms with Crippen molar-refractivity contribution in [2.75, 3.05) is 0 Å². The van der Waals surface area contributed by atoms with E-state index in [1.165, 1.54) is 19.3 Å². The highest BCUT2D eigenvalue weighted by molar-refractivity contribution is 5.05. The lowest BCUT2D eigenvalue weighted by Crippen LogP contribution is -2.06. The van der Waals surface area contributed by atoms with Gasteiger partial charge in [-0.05, 0) is 25.2 Å². The standard InChI is InChI=1S/C12H24O2/c1-4-7-8-9-10(5-2)11(6-3)12(13)14/h10,13-14H,4-9H2,1-3H3. The Labute approximate surface area is 87.7 Å². The van der Waals surface area contributed by atoms with E-state index in [9.17, 15) is 0 Å². The first-order valence-electron chi connectivity index (χ1n) is 5.78. The van der Waals surface area contributed by atoms with Gasteiger partial charge in [-0.1, -0.05) is 40.0 Å². The minimum absolute atomic E-state index is 0.358. The van der Waals surface area contributed by atoms with Gasteiger partial charge in [0.05, 0.1) is 0 Å². The number of aliphatic hydroxyl groups excluding tert-OH is 1. The molecule has 0 radical (unpaired) electrons. The van der Waals surface area contributed by atoms with Crippen molar-refractivity contribution in [1.29, 1.82) is 0 Å². The fourth-order valence-electron chi connectivity index (χ4n) is 1.89. The molecule has 2 nitrogen and oxygen atoms in total. The lowest BCUT2D eigenvalue weighted by molar-refractivity contribution is 0.176. The molecule has 0 aliphatic rings. The third kappa shape index (κ3) is 4.54. The lowest BCUT2D eigenvalue weighted by atomic mass is 9.89. The third-order valence-electron chi connectivity index (χ3n) is 2.81. The van der Waals surface area contributed by atoms with Crippen LogP contribution in [0.4, 0.5) is 0 Å². The van der Waals surface area contributed by atoms with E-state index in [0.29, 0.717) is 5.92 Å². The summed E-state index contributed by atoms with van der Waals surface area (Å²) >= 11 is 0. The summed E-state index contributed by atoms with van der Waals surface area (Å²) in [4.78, 5) is 0. The normalized spacial score (nSPS) is 12.5. The second-order valence-electron chi connectivity index (χ2n) is 3.80. The van der Waals surface area contributed by atoms with Crippen LogP contribution in [0, 0.1) is 5.92 Å². The largest absolute Gasteiger partial charge is 0.481 e. The van der Waals surface area contributed by atoms with Crippen LogP contribution in [-0.4, -0.2) is 10.2 Å².